The molecule has 3 aromatic heterocycles. The molecule has 0 unspecified atom stereocenters. The van der Waals surface area contributed by atoms with E-state index in [1.807, 2.05) is 16.7 Å². The Hall–Kier alpha value is -2.39. The van der Waals surface area contributed by atoms with E-state index in [1.54, 1.807) is 24.8 Å². The third-order valence-corrected chi connectivity index (χ3v) is 5.76. The molecule has 4 rings (SSSR count). The number of hydrogen-bond donors (Lipinski definition) is 0. The van der Waals surface area contributed by atoms with Crippen LogP contribution in [0.3, 0.4) is 0 Å². The Bertz CT molecular complexity index is 999. The van der Waals surface area contributed by atoms with Crippen LogP contribution < -0.4 is 0 Å². The topological polar surface area (TPSA) is 93.4 Å². The Morgan fingerprint density at radius 1 is 1.12 bits per heavy atom. The number of hydrogen-bond acceptors (Lipinski definition) is 6. The first-order valence-electron chi connectivity index (χ1n) is 8.08. The van der Waals surface area contributed by atoms with Crippen molar-refractivity contribution in [3.05, 3.63) is 42.7 Å². The van der Waals surface area contributed by atoms with Gasteiger partial charge in [0, 0.05) is 37.6 Å². The summed E-state index contributed by atoms with van der Waals surface area (Å²) in [5, 5.41) is 0. The predicted octanol–water partition coefficient (Wildman–Crippen LogP) is 1.33. The minimum atomic E-state index is -3.17. The summed E-state index contributed by atoms with van der Waals surface area (Å²) in [6, 6.07) is 1.84. The van der Waals surface area contributed by atoms with Gasteiger partial charge in [0.2, 0.25) is 15.8 Å². The van der Waals surface area contributed by atoms with Crippen molar-refractivity contribution >= 4 is 15.8 Å². The fourth-order valence-corrected chi connectivity index (χ4v) is 4.09. The molecule has 1 atom stereocenters. The highest BCUT2D eigenvalue weighted by Crippen LogP contribution is 2.27. The zero-order chi connectivity index (χ0) is 17.4. The van der Waals surface area contributed by atoms with Gasteiger partial charge in [0.05, 0.1) is 30.0 Å². The molecule has 1 fully saturated rings. The van der Waals surface area contributed by atoms with Crippen molar-refractivity contribution in [1.29, 1.82) is 0 Å². The molecule has 0 bridgehead atoms. The monoisotopic (exact) mass is 358 g/mol. The maximum Gasteiger partial charge on any atom is 0.234 e. The summed E-state index contributed by atoms with van der Waals surface area (Å²) in [6.45, 7) is 1.04. The number of nitrogens with zero attached hydrogens (tertiary/aromatic N) is 6. The molecule has 8 nitrogen and oxygen atoms in total. The standard InChI is InChI=1S/C16H18N6O2S/c1-25(23,24)21-6-2-4-12(11-21)13-8-19-14(9-18-13)15-10-20-16-17-5-3-7-22(15)16/h3,5,7-10,12H,2,4,6,11H2,1H3/t12-/m0/s1. The molecule has 0 aromatic carbocycles. The van der Waals surface area contributed by atoms with Crippen LogP contribution >= 0.6 is 0 Å². The Labute approximate surface area is 145 Å². The van der Waals surface area contributed by atoms with E-state index >= 15 is 0 Å². The van der Waals surface area contributed by atoms with Gasteiger partial charge < -0.3 is 0 Å². The van der Waals surface area contributed by atoms with Crippen molar-refractivity contribution in [3.63, 3.8) is 0 Å². The molecule has 25 heavy (non-hydrogen) atoms. The van der Waals surface area contributed by atoms with E-state index in [0.717, 1.165) is 24.2 Å². The van der Waals surface area contributed by atoms with Crippen LogP contribution in [0.25, 0.3) is 17.2 Å². The number of rotatable bonds is 3. The molecule has 3 aromatic rings. The van der Waals surface area contributed by atoms with E-state index in [0.29, 0.717) is 24.6 Å². The number of imidazole rings is 1. The quantitative estimate of drug-likeness (QED) is 0.701. The van der Waals surface area contributed by atoms with Gasteiger partial charge in [-0.2, -0.15) is 0 Å². The summed E-state index contributed by atoms with van der Waals surface area (Å²) < 4.78 is 26.9. The number of sulfonamides is 1. The van der Waals surface area contributed by atoms with Crippen molar-refractivity contribution in [1.82, 2.24) is 28.6 Å². The average molecular weight is 358 g/mol. The molecule has 4 heterocycles. The van der Waals surface area contributed by atoms with Gasteiger partial charge in [0.15, 0.2) is 0 Å². The maximum absolute atomic E-state index is 11.8. The van der Waals surface area contributed by atoms with Crippen LogP contribution in [0.15, 0.2) is 37.1 Å². The molecule has 1 saturated heterocycles. The summed E-state index contributed by atoms with van der Waals surface area (Å²) >= 11 is 0. The van der Waals surface area contributed by atoms with Gasteiger partial charge in [-0.15, -0.1) is 0 Å². The fraction of sp³-hybridized carbons (Fsp3) is 0.375. The van der Waals surface area contributed by atoms with Gasteiger partial charge in [0.1, 0.15) is 5.69 Å². The molecular formula is C16H18N6O2S. The first-order valence-corrected chi connectivity index (χ1v) is 9.93. The molecular weight excluding hydrogens is 340 g/mol. The lowest BCUT2D eigenvalue weighted by molar-refractivity contribution is 0.314. The molecule has 0 aliphatic carbocycles. The average Bonchev–Trinajstić information content (AvgIpc) is 3.05. The highest BCUT2D eigenvalue weighted by atomic mass is 32.2. The second-order valence-corrected chi connectivity index (χ2v) is 8.20. The Morgan fingerprint density at radius 2 is 2.00 bits per heavy atom. The lowest BCUT2D eigenvalue weighted by Gasteiger charge is -2.30. The van der Waals surface area contributed by atoms with Gasteiger partial charge in [-0.05, 0) is 18.9 Å². The molecule has 0 N–H and O–H groups in total. The van der Waals surface area contributed by atoms with E-state index < -0.39 is 10.0 Å². The van der Waals surface area contributed by atoms with E-state index in [1.165, 1.54) is 10.6 Å². The zero-order valence-corrected chi connectivity index (χ0v) is 14.6. The summed E-state index contributed by atoms with van der Waals surface area (Å²) in [6.07, 6.45) is 11.7. The van der Waals surface area contributed by atoms with Gasteiger partial charge in [-0.25, -0.2) is 22.7 Å². The minimum Gasteiger partial charge on any atom is -0.282 e. The van der Waals surface area contributed by atoms with E-state index in [-0.39, 0.29) is 5.92 Å². The third kappa shape index (κ3) is 3.12. The molecule has 0 amide bonds. The van der Waals surface area contributed by atoms with Crippen molar-refractivity contribution in [2.75, 3.05) is 19.3 Å². The first-order chi connectivity index (χ1) is 12.0. The molecule has 1 aliphatic rings. The molecule has 130 valence electrons. The van der Waals surface area contributed by atoms with Crippen LogP contribution in [-0.4, -0.2) is 56.4 Å². The summed E-state index contributed by atoms with van der Waals surface area (Å²) in [5.41, 5.74) is 2.35. The van der Waals surface area contributed by atoms with Crippen LogP contribution in [0, 0.1) is 0 Å². The summed E-state index contributed by atoms with van der Waals surface area (Å²) in [7, 11) is -3.17. The Balaban J connectivity index is 1.60. The Kier molecular flexibility index (Phi) is 3.97. The highest BCUT2D eigenvalue weighted by Gasteiger charge is 2.27. The SMILES string of the molecule is CS(=O)(=O)N1CCC[C@H](c2cnc(-c3cnc4ncccn34)cn2)C1. The van der Waals surface area contributed by atoms with Crippen LogP contribution in [-0.2, 0) is 10.0 Å². The summed E-state index contributed by atoms with van der Waals surface area (Å²) in [4.78, 5) is 17.5. The van der Waals surface area contributed by atoms with Gasteiger partial charge in [-0.3, -0.25) is 14.4 Å². The van der Waals surface area contributed by atoms with Crippen LogP contribution in [0.4, 0.5) is 0 Å². The van der Waals surface area contributed by atoms with Gasteiger partial charge >= 0.3 is 0 Å². The number of piperidine rings is 1. The normalized spacial score (nSPS) is 19.3. The van der Waals surface area contributed by atoms with E-state index in [9.17, 15) is 8.42 Å². The van der Waals surface area contributed by atoms with Crippen LogP contribution in [0.1, 0.15) is 24.5 Å². The van der Waals surface area contributed by atoms with Crippen molar-refractivity contribution in [2.24, 2.45) is 0 Å². The third-order valence-electron chi connectivity index (χ3n) is 4.49. The lowest BCUT2D eigenvalue weighted by atomic mass is 9.96. The van der Waals surface area contributed by atoms with Crippen LogP contribution in [0.5, 0.6) is 0 Å². The lowest BCUT2D eigenvalue weighted by Crippen LogP contribution is -2.38. The second-order valence-electron chi connectivity index (χ2n) is 6.22. The Morgan fingerprint density at radius 3 is 2.76 bits per heavy atom. The number of aromatic nitrogens is 5. The minimum absolute atomic E-state index is 0.0777. The van der Waals surface area contributed by atoms with E-state index in [2.05, 4.69) is 19.9 Å². The van der Waals surface area contributed by atoms with Gasteiger partial charge in [0.25, 0.3) is 0 Å². The molecule has 0 spiro atoms. The number of fused-ring (bicyclic) bond motifs is 1. The predicted molar refractivity (Wildman–Crippen MR) is 92.4 cm³/mol. The molecule has 9 heteroatoms. The maximum atomic E-state index is 11.8. The van der Waals surface area contributed by atoms with E-state index in [4.69, 9.17) is 0 Å². The first kappa shape index (κ1) is 16.1. The molecule has 0 radical (unpaired) electrons. The van der Waals surface area contributed by atoms with Gasteiger partial charge in [-0.1, -0.05) is 0 Å². The zero-order valence-electron chi connectivity index (χ0n) is 13.8. The second kappa shape index (κ2) is 6.16. The summed E-state index contributed by atoms with van der Waals surface area (Å²) in [5.74, 6) is 0.688. The smallest absolute Gasteiger partial charge is 0.234 e. The van der Waals surface area contributed by atoms with Crippen molar-refractivity contribution < 1.29 is 8.42 Å². The molecule has 1 aliphatic heterocycles. The molecule has 0 saturated carbocycles. The largest absolute Gasteiger partial charge is 0.282 e. The van der Waals surface area contributed by atoms with Crippen LogP contribution in [0.2, 0.25) is 0 Å². The van der Waals surface area contributed by atoms with Crippen molar-refractivity contribution in [3.8, 4) is 11.4 Å². The fourth-order valence-electron chi connectivity index (χ4n) is 3.18. The van der Waals surface area contributed by atoms with Crippen molar-refractivity contribution in [2.45, 2.75) is 18.8 Å². The highest BCUT2D eigenvalue weighted by molar-refractivity contribution is 7.88.